The SMILES string of the molecule is [B]C(CCc1cccc2c1oc1ccccc12)c1cccc2c1oc1ccccc12. The Labute approximate surface area is 175 Å². The Morgan fingerprint density at radius 3 is 1.90 bits per heavy atom. The molecule has 0 fully saturated rings. The number of fused-ring (bicyclic) bond motifs is 6. The maximum Gasteiger partial charge on any atom is 0.138 e. The van der Waals surface area contributed by atoms with E-state index < -0.39 is 0 Å². The summed E-state index contributed by atoms with van der Waals surface area (Å²) in [4.78, 5) is 0. The lowest BCUT2D eigenvalue weighted by Gasteiger charge is -2.13. The molecule has 2 nitrogen and oxygen atoms in total. The maximum absolute atomic E-state index is 6.66. The van der Waals surface area contributed by atoms with Crippen LogP contribution < -0.4 is 0 Å². The molecule has 0 saturated carbocycles. The van der Waals surface area contributed by atoms with Crippen LogP contribution in [0.2, 0.25) is 0 Å². The molecule has 1 atom stereocenters. The third kappa shape index (κ3) is 2.66. The monoisotopic (exact) mass is 386 g/mol. The van der Waals surface area contributed by atoms with Crippen LogP contribution in [0.4, 0.5) is 0 Å². The van der Waals surface area contributed by atoms with Crippen LogP contribution in [0.25, 0.3) is 43.9 Å². The second kappa shape index (κ2) is 6.81. The Hall–Kier alpha value is -3.46. The number of furan rings is 2. The topological polar surface area (TPSA) is 26.3 Å². The van der Waals surface area contributed by atoms with Crippen LogP contribution in [0.3, 0.4) is 0 Å². The second-order valence-corrected chi connectivity index (χ2v) is 7.86. The highest BCUT2D eigenvalue weighted by Crippen LogP contribution is 2.35. The summed E-state index contributed by atoms with van der Waals surface area (Å²) >= 11 is 0. The van der Waals surface area contributed by atoms with Crippen LogP contribution in [0.15, 0.2) is 93.8 Å². The minimum absolute atomic E-state index is 0.117. The fraction of sp³-hybridized carbons (Fsp3) is 0.111. The van der Waals surface area contributed by atoms with Gasteiger partial charge in [0.1, 0.15) is 22.3 Å². The van der Waals surface area contributed by atoms with E-state index in [-0.39, 0.29) is 5.82 Å². The van der Waals surface area contributed by atoms with Gasteiger partial charge in [-0.1, -0.05) is 79.2 Å². The lowest BCUT2D eigenvalue weighted by atomic mass is 9.76. The van der Waals surface area contributed by atoms with Gasteiger partial charge in [0.15, 0.2) is 0 Å². The molecule has 0 aliphatic carbocycles. The third-order valence-electron chi connectivity index (χ3n) is 6.04. The van der Waals surface area contributed by atoms with Crippen LogP contribution in [-0.4, -0.2) is 7.85 Å². The summed E-state index contributed by atoms with van der Waals surface area (Å²) in [6, 6.07) is 28.9. The maximum atomic E-state index is 6.66. The lowest BCUT2D eigenvalue weighted by molar-refractivity contribution is 0.651. The minimum Gasteiger partial charge on any atom is -0.456 e. The molecule has 0 amide bonds. The largest absolute Gasteiger partial charge is 0.456 e. The molecule has 0 saturated heterocycles. The molecule has 3 heteroatoms. The number of hydrogen-bond acceptors (Lipinski definition) is 2. The van der Waals surface area contributed by atoms with Crippen molar-refractivity contribution in [3.05, 3.63) is 96.1 Å². The van der Waals surface area contributed by atoms with E-state index in [1.807, 2.05) is 36.4 Å². The molecule has 6 aromatic rings. The van der Waals surface area contributed by atoms with Gasteiger partial charge in [-0.15, -0.1) is 0 Å². The molecule has 0 bridgehead atoms. The van der Waals surface area contributed by atoms with Gasteiger partial charge in [-0.25, -0.2) is 0 Å². The Kier molecular flexibility index (Phi) is 3.95. The van der Waals surface area contributed by atoms with Gasteiger partial charge in [-0.3, -0.25) is 0 Å². The predicted octanol–water partition coefficient (Wildman–Crippen LogP) is 7.33. The van der Waals surface area contributed by atoms with E-state index in [9.17, 15) is 0 Å². The molecule has 0 spiro atoms. The van der Waals surface area contributed by atoms with Crippen LogP contribution >= 0.6 is 0 Å². The number of benzene rings is 4. The van der Waals surface area contributed by atoms with Gasteiger partial charge in [-0.05, 0) is 35.5 Å². The van der Waals surface area contributed by atoms with Gasteiger partial charge < -0.3 is 8.83 Å². The van der Waals surface area contributed by atoms with Crippen molar-refractivity contribution in [3.63, 3.8) is 0 Å². The van der Waals surface area contributed by atoms with E-state index in [4.69, 9.17) is 16.7 Å². The van der Waals surface area contributed by atoms with Gasteiger partial charge in [0.25, 0.3) is 0 Å². The first kappa shape index (κ1) is 17.4. The van der Waals surface area contributed by atoms with Crippen molar-refractivity contribution in [3.8, 4) is 0 Å². The van der Waals surface area contributed by atoms with E-state index in [2.05, 4.69) is 48.5 Å². The number of aryl methyl sites for hydroxylation is 1. The molecule has 1 unspecified atom stereocenters. The van der Waals surface area contributed by atoms with Gasteiger partial charge in [0, 0.05) is 21.5 Å². The fourth-order valence-electron chi connectivity index (χ4n) is 4.53. The first-order chi connectivity index (χ1) is 14.8. The van der Waals surface area contributed by atoms with E-state index in [0.717, 1.165) is 62.3 Å². The number of rotatable bonds is 4. The Balaban J connectivity index is 1.35. The summed E-state index contributed by atoms with van der Waals surface area (Å²) in [6.45, 7) is 0. The molecular formula is C27H19BO2. The summed E-state index contributed by atoms with van der Waals surface area (Å²) < 4.78 is 12.3. The molecule has 2 radical (unpaired) electrons. The summed E-state index contributed by atoms with van der Waals surface area (Å²) in [5.74, 6) is -0.117. The number of para-hydroxylation sites is 4. The van der Waals surface area contributed by atoms with Crippen molar-refractivity contribution in [2.24, 2.45) is 0 Å². The Morgan fingerprint density at radius 1 is 0.600 bits per heavy atom. The predicted molar refractivity (Wildman–Crippen MR) is 124 cm³/mol. The van der Waals surface area contributed by atoms with Crippen molar-refractivity contribution in [1.29, 1.82) is 0 Å². The van der Waals surface area contributed by atoms with E-state index in [0.29, 0.717) is 0 Å². The van der Waals surface area contributed by atoms with Crippen LogP contribution in [-0.2, 0) is 6.42 Å². The van der Waals surface area contributed by atoms with Crippen molar-refractivity contribution in [2.75, 3.05) is 0 Å². The summed E-state index contributed by atoms with van der Waals surface area (Å²) in [5, 5.41) is 4.58. The number of hydrogen-bond donors (Lipinski definition) is 0. The van der Waals surface area contributed by atoms with E-state index >= 15 is 0 Å². The fourth-order valence-corrected chi connectivity index (χ4v) is 4.53. The van der Waals surface area contributed by atoms with E-state index in [1.165, 1.54) is 5.56 Å². The Morgan fingerprint density at radius 2 is 1.17 bits per heavy atom. The zero-order valence-electron chi connectivity index (χ0n) is 16.5. The lowest BCUT2D eigenvalue weighted by Crippen LogP contribution is -2.01. The van der Waals surface area contributed by atoms with Crippen molar-refractivity contribution >= 4 is 51.7 Å². The molecule has 142 valence electrons. The Bertz CT molecular complexity index is 1520. The minimum atomic E-state index is -0.117. The molecule has 6 rings (SSSR count). The molecule has 4 aromatic carbocycles. The van der Waals surface area contributed by atoms with Crippen molar-refractivity contribution < 1.29 is 8.83 Å². The smallest absolute Gasteiger partial charge is 0.138 e. The summed E-state index contributed by atoms with van der Waals surface area (Å²) in [6.07, 6.45) is 1.65. The van der Waals surface area contributed by atoms with Crippen LogP contribution in [0.1, 0.15) is 23.4 Å². The summed E-state index contributed by atoms with van der Waals surface area (Å²) in [7, 11) is 6.66. The second-order valence-electron chi connectivity index (χ2n) is 7.86. The first-order valence-corrected chi connectivity index (χ1v) is 10.3. The van der Waals surface area contributed by atoms with Crippen molar-refractivity contribution in [1.82, 2.24) is 0 Å². The molecular weight excluding hydrogens is 367 g/mol. The zero-order valence-corrected chi connectivity index (χ0v) is 16.5. The summed E-state index contributed by atoms with van der Waals surface area (Å²) in [5.41, 5.74) is 5.94. The highest BCUT2D eigenvalue weighted by atomic mass is 16.3. The third-order valence-corrected chi connectivity index (χ3v) is 6.04. The highest BCUT2D eigenvalue weighted by molar-refractivity contribution is 6.15. The molecule has 2 aromatic heterocycles. The highest BCUT2D eigenvalue weighted by Gasteiger charge is 2.16. The molecule has 0 N–H and O–H groups in total. The normalized spacial score (nSPS) is 12.9. The average Bonchev–Trinajstić information content (AvgIpc) is 3.36. The van der Waals surface area contributed by atoms with Gasteiger partial charge in [-0.2, -0.15) is 0 Å². The molecule has 0 aliphatic heterocycles. The van der Waals surface area contributed by atoms with Gasteiger partial charge in [0.2, 0.25) is 0 Å². The van der Waals surface area contributed by atoms with Crippen LogP contribution in [0, 0.1) is 0 Å². The quantitative estimate of drug-likeness (QED) is 0.297. The first-order valence-electron chi connectivity index (χ1n) is 10.3. The van der Waals surface area contributed by atoms with Crippen LogP contribution in [0.5, 0.6) is 0 Å². The van der Waals surface area contributed by atoms with Crippen molar-refractivity contribution in [2.45, 2.75) is 18.7 Å². The van der Waals surface area contributed by atoms with E-state index in [1.54, 1.807) is 0 Å². The van der Waals surface area contributed by atoms with Gasteiger partial charge >= 0.3 is 0 Å². The standard InChI is InChI=1S/C27H19BO2/c28-23(22-12-6-11-21-19-9-2-4-14-25(19)30-27(21)22)16-15-17-7-5-10-20-18-8-1-3-13-24(18)29-26(17)20/h1-14,23H,15-16H2. The average molecular weight is 386 g/mol. The zero-order chi connectivity index (χ0) is 20.1. The molecule has 30 heavy (non-hydrogen) atoms. The molecule has 2 heterocycles. The molecule has 0 aliphatic rings. The van der Waals surface area contributed by atoms with Gasteiger partial charge in [0.05, 0.1) is 7.85 Å².